The van der Waals surface area contributed by atoms with Gasteiger partial charge in [0, 0.05) is 105 Å². The predicted octanol–water partition coefficient (Wildman–Crippen LogP) is 7.81. The van der Waals surface area contributed by atoms with Gasteiger partial charge < -0.3 is 39.7 Å². The summed E-state index contributed by atoms with van der Waals surface area (Å²) in [5, 5.41) is 11.7. The van der Waals surface area contributed by atoms with Crippen LogP contribution in [-0.2, 0) is 24.8 Å². The first-order valence-corrected chi connectivity index (χ1v) is 27.1. The molecule has 0 amide bonds. The Labute approximate surface area is 442 Å². The summed E-state index contributed by atoms with van der Waals surface area (Å²) in [5.41, 5.74) is 11.1. The number of aromatic nitrogens is 6. The highest BCUT2D eigenvalue weighted by Gasteiger charge is 2.34. The average molecular weight is 1100 g/mol. The number of anilines is 2. The van der Waals surface area contributed by atoms with Crippen LogP contribution in [0.5, 0.6) is 23.0 Å². The van der Waals surface area contributed by atoms with Crippen molar-refractivity contribution in [3.05, 3.63) is 125 Å². The number of carbonyl (C=O) groups is 2. The molecule has 4 aliphatic heterocycles. The number of benzene rings is 2. The molecule has 4 N–H and O–H groups in total. The fraction of sp³-hybridized carbons (Fsp3) is 0.300. The number of carboxylic acid groups (broad SMARTS) is 1. The number of halogens is 2. The smallest absolute Gasteiger partial charge is 0.300 e. The highest BCUT2D eigenvalue weighted by atomic mass is 35.5. The number of piperidine rings is 2. The van der Waals surface area contributed by atoms with E-state index in [4.69, 9.17) is 67.8 Å². The number of nitrogen functional groups attached to an aromatic ring is 1. The number of nitrogens with zero attached hydrogens (tertiary/aromatic N) is 8. The number of rotatable bonds is 9. The Hall–Kier alpha value is -7.15. The van der Waals surface area contributed by atoms with Gasteiger partial charge in [-0.25, -0.2) is 31.8 Å². The van der Waals surface area contributed by atoms with Crippen LogP contribution in [0.25, 0.3) is 22.6 Å². The van der Waals surface area contributed by atoms with Gasteiger partial charge in [0.1, 0.15) is 17.2 Å². The van der Waals surface area contributed by atoms with Gasteiger partial charge in [0.15, 0.2) is 34.9 Å². The first-order valence-electron chi connectivity index (χ1n) is 23.4. The molecule has 0 atom stereocenters. The highest BCUT2D eigenvalue weighted by Crippen LogP contribution is 2.39. The van der Waals surface area contributed by atoms with Crippen molar-refractivity contribution in [1.29, 1.82) is 0 Å². The normalized spacial score (nSPS) is 15.6. The molecule has 11 rings (SSSR count). The number of sulfonamides is 2. The highest BCUT2D eigenvalue weighted by molar-refractivity contribution is 7.89. The Bertz CT molecular complexity index is 3440. The first kappa shape index (κ1) is 54.1. The van der Waals surface area contributed by atoms with Crippen LogP contribution < -0.4 is 30.0 Å². The van der Waals surface area contributed by atoms with Crippen molar-refractivity contribution in [2.75, 3.05) is 50.8 Å². The monoisotopic (exact) mass is 1100 g/mol. The molecule has 2 fully saturated rings. The number of hydrogen-bond donors (Lipinski definition) is 3. The summed E-state index contributed by atoms with van der Waals surface area (Å²) < 4.78 is 78.9. The Balaban J connectivity index is 0.000000164. The summed E-state index contributed by atoms with van der Waals surface area (Å²) in [6, 6.07) is 20.6. The SMILES string of the molecule is CC(=O)O.Cc1ccc(N)c(NC2CCN(S(=O)(=O)c3ccc4c(c3)OCO4)CC2)n1.Cc1ccc2nc(-c3ccncc3Cl)n(C3CCN(S(=O)(=O)c4ccc5c(c4)OCO5)CC3)c2n1.O=Cc1ccncc1Cl. The van der Waals surface area contributed by atoms with Gasteiger partial charge in [-0.15, -0.1) is 0 Å². The summed E-state index contributed by atoms with van der Waals surface area (Å²) in [6.45, 7) is 6.75. The minimum atomic E-state index is -3.67. The zero-order valence-electron chi connectivity index (χ0n) is 40.8. The van der Waals surface area contributed by atoms with Gasteiger partial charge in [0.2, 0.25) is 33.6 Å². The minimum absolute atomic E-state index is 0.0109. The van der Waals surface area contributed by atoms with Gasteiger partial charge in [0.05, 0.1) is 25.5 Å². The summed E-state index contributed by atoms with van der Waals surface area (Å²) >= 11 is 12.0. The predicted molar refractivity (Wildman–Crippen MR) is 279 cm³/mol. The van der Waals surface area contributed by atoms with E-state index in [2.05, 4.69) is 24.8 Å². The number of carboxylic acids is 1. The van der Waals surface area contributed by atoms with Crippen molar-refractivity contribution in [1.82, 2.24) is 38.1 Å². The lowest BCUT2D eigenvalue weighted by Gasteiger charge is -2.32. The van der Waals surface area contributed by atoms with Crippen LogP contribution >= 0.6 is 23.2 Å². The lowest BCUT2D eigenvalue weighted by atomic mass is 10.1. The maximum absolute atomic E-state index is 13.3. The summed E-state index contributed by atoms with van der Waals surface area (Å²) in [7, 11) is -7.23. The van der Waals surface area contributed by atoms with E-state index in [1.54, 1.807) is 42.7 Å². The van der Waals surface area contributed by atoms with Crippen molar-refractivity contribution in [3.63, 3.8) is 0 Å². The molecule has 4 aliphatic rings. The van der Waals surface area contributed by atoms with E-state index in [-0.39, 0.29) is 35.5 Å². The number of carbonyl (C=O) groups excluding carboxylic acids is 1. The van der Waals surface area contributed by atoms with Crippen molar-refractivity contribution in [2.24, 2.45) is 0 Å². The van der Waals surface area contributed by atoms with E-state index in [1.807, 2.05) is 44.2 Å². The van der Waals surface area contributed by atoms with Crippen molar-refractivity contribution in [2.45, 2.75) is 68.3 Å². The third-order valence-electron chi connectivity index (χ3n) is 12.2. The lowest BCUT2D eigenvalue weighted by molar-refractivity contribution is -0.134. The number of hydrogen-bond acceptors (Lipinski definition) is 17. The molecule has 0 aliphatic carbocycles. The molecule has 75 heavy (non-hydrogen) atoms. The summed E-state index contributed by atoms with van der Waals surface area (Å²) in [6.07, 6.45) is 9.52. The quantitative estimate of drug-likeness (QED) is 0.116. The number of aliphatic carboxylic acids is 1. The molecule has 25 heteroatoms. The number of nitrogens with one attached hydrogen (secondary N) is 1. The Morgan fingerprint density at radius 2 is 1.23 bits per heavy atom. The van der Waals surface area contributed by atoms with Crippen LogP contribution in [-0.4, -0.2) is 118 Å². The van der Waals surface area contributed by atoms with E-state index in [0.717, 1.165) is 35.0 Å². The second-order valence-electron chi connectivity index (χ2n) is 17.4. The number of pyridine rings is 4. The molecule has 21 nitrogen and oxygen atoms in total. The average Bonchev–Trinajstić information content (AvgIpc) is 4.17. The summed E-state index contributed by atoms with van der Waals surface area (Å²) in [4.78, 5) is 41.4. The maximum Gasteiger partial charge on any atom is 0.300 e. The van der Waals surface area contributed by atoms with E-state index in [1.165, 1.54) is 33.1 Å². The van der Waals surface area contributed by atoms with E-state index in [9.17, 15) is 21.6 Å². The number of ether oxygens (including phenoxy) is 4. The minimum Gasteiger partial charge on any atom is -0.481 e. The molecule has 2 saturated heterocycles. The summed E-state index contributed by atoms with van der Waals surface area (Å²) in [5.74, 6) is 2.58. The third-order valence-corrected chi connectivity index (χ3v) is 16.6. The number of nitrogens with two attached hydrogens (primary N) is 1. The van der Waals surface area contributed by atoms with Crippen LogP contribution in [0.2, 0.25) is 10.0 Å². The van der Waals surface area contributed by atoms with Gasteiger partial charge in [0.25, 0.3) is 5.97 Å². The van der Waals surface area contributed by atoms with Crippen LogP contribution in [0.3, 0.4) is 0 Å². The molecule has 0 bridgehead atoms. The molecule has 394 valence electrons. The first-order chi connectivity index (χ1) is 35.9. The number of aryl methyl sites for hydroxylation is 2. The lowest BCUT2D eigenvalue weighted by Crippen LogP contribution is -2.42. The number of fused-ring (bicyclic) bond motifs is 3. The second kappa shape index (κ2) is 23.6. The Morgan fingerprint density at radius 1 is 0.707 bits per heavy atom. The van der Waals surface area contributed by atoms with Crippen molar-refractivity contribution >= 4 is 78.2 Å². The molecule has 2 aromatic carbocycles. The third kappa shape index (κ3) is 12.7. The molecule has 5 aromatic heterocycles. The van der Waals surface area contributed by atoms with Crippen LogP contribution in [0.1, 0.15) is 60.4 Å². The molecule has 0 saturated carbocycles. The van der Waals surface area contributed by atoms with Crippen molar-refractivity contribution < 1.29 is 50.5 Å². The molecule has 7 aromatic rings. The van der Waals surface area contributed by atoms with Crippen molar-refractivity contribution in [3.8, 4) is 34.4 Å². The van der Waals surface area contributed by atoms with Crippen LogP contribution in [0.15, 0.2) is 107 Å². The molecular weight excluding hydrogens is 1050 g/mol. The van der Waals surface area contributed by atoms with Gasteiger partial charge in [-0.2, -0.15) is 8.61 Å². The standard InChI is InChI=1S/C24H22ClN5O4S.C18H22N4O4S.C6H4ClNO.C2H4O2/c1-15-2-4-20-24(27-15)30(23(28-20)18-6-9-26-13-19(18)25)16-7-10-29(11-8-16)35(31,32)17-3-5-21-22(12-17)34-14-33-21;1-12-2-4-15(19)18(20-12)21-13-6-8-22(9-7-13)27(23,24)14-3-5-16-17(10-14)26-11-25-16;7-6-3-8-2-1-5(6)4-9;1-2(3)4/h2-6,9,12-13,16H,7-8,10-11,14H2,1H3;2-5,10,13H,6-9,11,19H2,1H3,(H,20,21);1-4H;1H3,(H,3,4). The zero-order chi connectivity index (χ0) is 53.4. The fourth-order valence-corrected chi connectivity index (χ4v) is 11.8. The number of imidazole rings is 1. The van der Waals surface area contributed by atoms with Crippen LogP contribution in [0.4, 0.5) is 11.5 Å². The second-order valence-corrected chi connectivity index (χ2v) is 22.1. The molecule has 0 unspecified atom stereocenters. The Morgan fingerprint density at radius 3 is 1.77 bits per heavy atom. The fourth-order valence-electron chi connectivity index (χ4n) is 8.47. The van der Waals surface area contributed by atoms with E-state index >= 15 is 0 Å². The van der Waals surface area contributed by atoms with Gasteiger partial charge >= 0.3 is 0 Å². The molecular formula is C50H52Cl2N10O11S2. The number of aldehydes is 1. The molecule has 9 heterocycles. The zero-order valence-corrected chi connectivity index (χ0v) is 43.9. The van der Waals surface area contributed by atoms with Gasteiger partial charge in [-0.05, 0) is 100 Å². The maximum atomic E-state index is 13.3. The van der Waals surface area contributed by atoms with Gasteiger partial charge in [-0.1, -0.05) is 23.2 Å². The van der Waals surface area contributed by atoms with Gasteiger partial charge in [-0.3, -0.25) is 19.6 Å². The van der Waals surface area contributed by atoms with E-state index in [0.29, 0.717) is 114 Å². The Kier molecular flexibility index (Phi) is 17.0. The molecule has 0 spiro atoms. The molecule has 0 radical (unpaired) electrons. The largest absolute Gasteiger partial charge is 0.481 e. The topological polar surface area (TPSA) is 273 Å². The van der Waals surface area contributed by atoms with Crippen LogP contribution in [0, 0.1) is 13.8 Å². The van der Waals surface area contributed by atoms with E-state index < -0.39 is 26.0 Å².